The van der Waals surface area contributed by atoms with Crippen LogP contribution in [0.15, 0.2) is 48.5 Å². The van der Waals surface area contributed by atoms with Crippen molar-refractivity contribution in [1.29, 1.82) is 0 Å². The van der Waals surface area contributed by atoms with Crippen LogP contribution in [0, 0.1) is 5.82 Å². The Bertz CT molecular complexity index is 839. The third-order valence-corrected chi connectivity index (χ3v) is 5.16. The molecule has 0 aliphatic heterocycles. The largest absolute Gasteiger partial charge is 0.484 e. The zero-order valence-corrected chi connectivity index (χ0v) is 18.2. The molecule has 2 aromatic rings. The second-order valence-electron chi connectivity index (χ2n) is 7.39. The zero-order chi connectivity index (χ0) is 22.1. The van der Waals surface area contributed by atoms with Gasteiger partial charge >= 0.3 is 0 Å². The van der Waals surface area contributed by atoms with Crippen molar-refractivity contribution in [1.82, 2.24) is 10.2 Å². The number of halogens is 1. The van der Waals surface area contributed by atoms with Crippen molar-refractivity contribution in [2.24, 2.45) is 0 Å². The van der Waals surface area contributed by atoms with E-state index in [4.69, 9.17) is 4.74 Å². The lowest BCUT2D eigenvalue weighted by Crippen LogP contribution is -2.50. The Kier molecular flexibility index (Phi) is 8.84. The summed E-state index contributed by atoms with van der Waals surface area (Å²) < 4.78 is 19.8. The Labute approximate surface area is 178 Å². The molecule has 30 heavy (non-hydrogen) atoms. The minimum absolute atomic E-state index is 0.0151. The van der Waals surface area contributed by atoms with Crippen LogP contribution in [0.2, 0.25) is 0 Å². The van der Waals surface area contributed by atoms with Crippen molar-refractivity contribution in [3.8, 4) is 5.75 Å². The highest BCUT2D eigenvalue weighted by Crippen LogP contribution is 2.16. The second kappa shape index (κ2) is 11.3. The maximum atomic E-state index is 14.2. The van der Waals surface area contributed by atoms with Crippen molar-refractivity contribution < 1.29 is 18.7 Å². The van der Waals surface area contributed by atoms with E-state index in [2.05, 4.69) is 12.2 Å². The Morgan fingerprint density at radius 2 is 1.73 bits per heavy atom. The first-order chi connectivity index (χ1) is 14.3. The molecule has 2 atom stereocenters. The van der Waals surface area contributed by atoms with E-state index in [1.54, 1.807) is 25.1 Å². The Morgan fingerprint density at radius 3 is 2.33 bits per heavy atom. The summed E-state index contributed by atoms with van der Waals surface area (Å²) in [6.07, 6.45) is 1.69. The van der Waals surface area contributed by atoms with Crippen LogP contribution in [0.3, 0.4) is 0 Å². The van der Waals surface area contributed by atoms with Crippen molar-refractivity contribution >= 4 is 11.8 Å². The topological polar surface area (TPSA) is 58.6 Å². The maximum absolute atomic E-state index is 14.2. The van der Waals surface area contributed by atoms with Gasteiger partial charge in [-0.3, -0.25) is 9.59 Å². The number of benzene rings is 2. The van der Waals surface area contributed by atoms with E-state index >= 15 is 0 Å². The van der Waals surface area contributed by atoms with Gasteiger partial charge in [0.2, 0.25) is 5.91 Å². The summed E-state index contributed by atoms with van der Waals surface area (Å²) in [6.45, 7) is 7.32. The average Bonchev–Trinajstić information content (AvgIpc) is 2.76. The molecule has 0 saturated heterocycles. The van der Waals surface area contributed by atoms with Crippen LogP contribution in [0.1, 0.15) is 45.2 Å². The molecule has 0 bridgehead atoms. The lowest BCUT2D eigenvalue weighted by Gasteiger charge is -2.29. The molecule has 2 unspecified atom stereocenters. The summed E-state index contributed by atoms with van der Waals surface area (Å²) in [4.78, 5) is 27.0. The lowest BCUT2D eigenvalue weighted by molar-refractivity contribution is -0.142. The van der Waals surface area contributed by atoms with Gasteiger partial charge in [-0.2, -0.15) is 0 Å². The van der Waals surface area contributed by atoms with Gasteiger partial charge < -0.3 is 15.0 Å². The summed E-state index contributed by atoms with van der Waals surface area (Å²) in [6, 6.07) is 13.0. The van der Waals surface area contributed by atoms with Gasteiger partial charge in [0.05, 0.1) is 0 Å². The van der Waals surface area contributed by atoms with E-state index in [1.165, 1.54) is 16.5 Å². The fraction of sp³-hybridized carbons (Fsp3) is 0.417. The van der Waals surface area contributed by atoms with Crippen LogP contribution in [-0.4, -0.2) is 35.4 Å². The van der Waals surface area contributed by atoms with Gasteiger partial charge in [0.15, 0.2) is 6.61 Å². The molecule has 0 fully saturated rings. The predicted molar refractivity (Wildman–Crippen MR) is 116 cm³/mol. The van der Waals surface area contributed by atoms with Crippen LogP contribution >= 0.6 is 0 Å². The fourth-order valence-corrected chi connectivity index (χ4v) is 2.91. The molecule has 1 N–H and O–H groups in total. The molecule has 0 saturated carbocycles. The molecule has 2 rings (SSSR count). The second-order valence-corrected chi connectivity index (χ2v) is 7.39. The number of carbonyl (C=O) groups is 2. The van der Waals surface area contributed by atoms with Gasteiger partial charge in [0.1, 0.15) is 17.6 Å². The van der Waals surface area contributed by atoms with Gasteiger partial charge in [-0.05, 0) is 50.5 Å². The number of aryl methyl sites for hydroxylation is 1. The van der Waals surface area contributed by atoms with Gasteiger partial charge in [0.25, 0.3) is 5.91 Å². The number of hydrogen-bond acceptors (Lipinski definition) is 3. The SMILES string of the molecule is CCc1ccc(OCC(=O)N(Cc2ccccc2F)C(C)C(=O)NC(C)CC)cc1. The van der Waals surface area contributed by atoms with Crippen molar-refractivity contribution in [3.63, 3.8) is 0 Å². The number of nitrogens with one attached hydrogen (secondary N) is 1. The first kappa shape index (κ1) is 23.4. The normalized spacial score (nSPS) is 12.7. The minimum Gasteiger partial charge on any atom is -0.484 e. The van der Waals surface area contributed by atoms with Crippen molar-refractivity contribution in [2.45, 2.75) is 59.2 Å². The summed E-state index contributed by atoms with van der Waals surface area (Å²) in [5.41, 5.74) is 1.52. The van der Waals surface area contributed by atoms with E-state index in [0.717, 1.165) is 12.8 Å². The Morgan fingerprint density at radius 1 is 1.07 bits per heavy atom. The van der Waals surface area contributed by atoms with Crippen LogP contribution < -0.4 is 10.1 Å². The minimum atomic E-state index is -0.767. The van der Waals surface area contributed by atoms with E-state index in [-0.39, 0.29) is 31.0 Å². The molecule has 2 aromatic carbocycles. The smallest absolute Gasteiger partial charge is 0.261 e. The molecule has 0 spiro atoms. The molecule has 0 aliphatic rings. The third-order valence-electron chi connectivity index (χ3n) is 5.16. The van der Waals surface area contributed by atoms with E-state index in [0.29, 0.717) is 11.3 Å². The molecule has 6 heteroatoms. The van der Waals surface area contributed by atoms with Gasteiger partial charge in [-0.25, -0.2) is 4.39 Å². The molecular formula is C24H31FN2O3. The quantitative estimate of drug-likeness (QED) is 0.637. The monoisotopic (exact) mass is 414 g/mol. The first-order valence-corrected chi connectivity index (χ1v) is 10.4. The lowest BCUT2D eigenvalue weighted by atomic mass is 10.1. The van der Waals surface area contributed by atoms with E-state index in [1.807, 2.05) is 38.1 Å². The summed E-state index contributed by atoms with van der Waals surface area (Å²) >= 11 is 0. The van der Waals surface area contributed by atoms with Crippen LogP contribution in [0.4, 0.5) is 4.39 Å². The number of carbonyl (C=O) groups excluding carboxylic acids is 2. The van der Waals surface area contributed by atoms with Crippen LogP contribution in [-0.2, 0) is 22.6 Å². The van der Waals surface area contributed by atoms with Crippen LogP contribution in [0.25, 0.3) is 0 Å². The number of amides is 2. The maximum Gasteiger partial charge on any atom is 0.261 e. The number of nitrogens with zero attached hydrogens (tertiary/aromatic N) is 1. The molecule has 2 amide bonds. The first-order valence-electron chi connectivity index (χ1n) is 10.4. The molecular weight excluding hydrogens is 383 g/mol. The third kappa shape index (κ3) is 6.58. The standard InChI is InChI=1S/C24H31FN2O3/c1-5-17(3)26-24(29)18(4)27(15-20-9-7-8-10-22(20)25)23(28)16-30-21-13-11-19(6-2)12-14-21/h7-14,17-18H,5-6,15-16H2,1-4H3,(H,26,29). The van der Waals surface area contributed by atoms with E-state index in [9.17, 15) is 14.0 Å². The molecule has 0 aromatic heterocycles. The zero-order valence-electron chi connectivity index (χ0n) is 18.2. The Hall–Kier alpha value is -2.89. The van der Waals surface area contributed by atoms with Crippen molar-refractivity contribution in [3.05, 3.63) is 65.5 Å². The van der Waals surface area contributed by atoms with Gasteiger partial charge in [-0.1, -0.05) is 44.2 Å². The molecule has 0 heterocycles. The van der Waals surface area contributed by atoms with Crippen molar-refractivity contribution in [2.75, 3.05) is 6.61 Å². The number of ether oxygens (including phenoxy) is 1. The summed E-state index contributed by atoms with van der Waals surface area (Å²) in [5.74, 6) is -0.505. The van der Waals surface area contributed by atoms with Gasteiger partial charge in [0, 0.05) is 18.2 Å². The highest BCUT2D eigenvalue weighted by atomic mass is 19.1. The van der Waals surface area contributed by atoms with Gasteiger partial charge in [-0.15, -0.1) is 0 Å². The summed E-state index contributed by atoms with van der Waals surface area (Å²) in [7, 11) is 0. The molecule has 0 radical (unpaired) electrons. The highest BCUT2D eigenvalue weighted by Gasteiger charge is 2.27. The highest BCUT2D eigenvalue weighted by molar-refractivity contribution is 5.88. The molecule has 0 aliphatic carbocycles. The Balaban J connectivity index is 2.14. The average molecular weight is 415 g/mol. The molecule has 5 nitrogen and oxygen atoms in total. The fourth-order valence-electron chi connectivity index (χ4n) is 2.91. The van der Waals surface area contributed by atoms with Crippen LogP contribution in [0.5, 0.6) is 5.75 Å². The number of hydrogen-bond donors (Lipinski definition) is 1. The molecule has 162 valence electrons. The van der Waals surface area contributed by atoms with E-state index < -0.39 is 11.9 Å². The number of rotatable bonds is 10. The summed E-state index contributed by atoms with van der Waals surface area (Å²) in [5, 5.41) is 2.88. The predicted octanol–water partition coefficient (Wildman–Crippen LogP) is 4.10.